The minimum Gasteiger partial charge on any atom is -0.391 e. The highest BCUT2D eigenvalue weighted by molar-refractivity contribution is 7.89. The van der Waals surface area contributed by atoms with E-state index < -0.39 is 16.1 Å². The van der Waals surface area contributed by atoms with Crippen molar-refractivity contribution >= 4 is 21.6 Å². The third-order valence-electron chi connectivity index (χ3n) is 3.65. The predicted molar refractivity (Wildman–Crippen MR) is 74.7 cm³/mol. The fourth-order valence-corrected chi connectivity index (χ4v) is 4.01. The molecule has 1 aliphatic rings. The first-order valence-electron chi connectivity index (χ1n) is 6.34. The lowest BCUT2D eigenvalue weighted by atomic mass is 9.93. The van der Waals surface area contributed by atoms with Gasteiger partial charge in [0.15, 0.2) is 0 Å². The van der Waals surface area contributed by atoms with E-state index in [1.54, 1.807) is 12.1 Å². The normalized spacial score (nSPS) is 24.6. The Bertz CT molecular complexity index is 529. The Morgan fingerprint density at radius 1 is 1.21 bits per heavy atom. The van der Waals surface area contributed by atoms with E-state index in [2.05, 4.69) is 0 Å². The zero-order valence-electron chi connectivity index (χ0n) is 10.8. The number of rotatable bonds is 3. The summed E-state index contributed by atoms with van der Waals surface area (Å²) in [4.78, 5) is 0.206. The van der Waals surface area contributed by atoms with E-state index in [0.717, 1.165) is 12.8 Å². The van der Waals surface area contributed by atoms with Crippen LogP contribution in [0, 0.1) is 0 Å². The van der Waals surface area contributed by atoms with Gasteiger partial charge in [0.2, 0.25) is 10.0 Å². The molecule has 0 spiro atoms. The number of aliphatic hydroxyl groups excluding tert-OH is 1. The smallest absolute Gasteiger partial charge is 0.243 e. The molecule has 1 saturated carbocycles. The number of hydrogen-bond acceptors (Lipinski definition) is 3. The first kappa shape index (κ1) is 14.8. The molecule has 19 heavy (non-hydrogen) atoms. The molecule has 0 amide bonds. The van der Waals surface area contributed by atoms with Gasteiger partial charge in [0.05, 0.1) is 17.0 Å². The van der Waals surface area contributed by atoms with E-state index in [1.807, 2.05) is 0 Å². The number of nitrogens with zero attached hydrogens (tertiary/aromatic N) is 1. The lowest BCUT2D eigenvalue weighted by molar-refractivity contribution is 0.0638. The molecule has 1 aliphatic carbocycles. The molecule has 1 fully saturated rings. The first-order chi connectivity index (χ1) is 8.93. The number of halogens is 1. The summed E-state index contributed by atoms with van der Waals surface area (Å²) in [7, 11) is -2.04. The van der Waals surface area contributed by atoms with Gasteiger partial charge in [0.1, 0.15) is 0 Å². The third-order valence-corrected chi connectivity index (χ3v) is 5.80. The van der Waals surface area contributed by atoms with Crippen LogP contribution in [0.1, 0.15) is 25.7 Å². The Labute approximate surface area is 119 Å². The molecular weight excluding hydrogens is 286 g/mol. The van der Waals surface area contributed by atoms with Crippen molar-refractivity contribution in [2.24, 2.45) is 0 Å². The lowest BCUT2D eigenvalue weighted by Crippen LogP contribution is -2.46. The number of sulfonamides is 1. The SMILES string of the molecule is CN([C@H]1CCCC[C@H]1O)S(=O)(=O)c1ccc(Cl)cc1. The maximum atomic E-state index is 12.5. The molecule has 2 atom stereocenters. The average molecular weight is 304 g/mol. The van der Waals surface area contributed by atoms with Crippen molar-refractivity contribution < 1.29 is 13.5 Å². The summed E-state index contributed by atoms with van der Waals surface area (Å²) in [5, 5.41) is 10.5. The van der Waals surface area contributed by atoms with Crippen LogP contribution < -0.4 is 0 Å². The quantitative estimate of drug-likeness (QED) is 0.932. The van der Waals surface area contributed by atoms with E-state index in [4.69, 9.17) is 11.6 Å². The molecule has 0 aromatic heterocycles. The molecule has 0 saturated heterocycles. The topological polar surface area (TPSA) is 57.6 Å². The van der Waals surface area contributed by atoms with Gasteiger partial charge in [-0.2, -0.15) is 4.31 Å². The van der Waals surface area contributed by atoms with Gasteiger partial charge in [-0.25, -0.2) is 8.42 Å². The summed E-state index contributed by atoms with van der Waals surface area (Å²) in [6, 6.07) is 5.75. The highest BCUT2D eigenvalue weighted by atomic mass is 35.5. The summed E-state index contributed by atoms with van der Waals surface area (Å²) < 4.78 is 26.2. The van der Waals surface area contributed by atoms with Crippen molar-refractivity contribution in [2.75, 3.05) is 7.05 Å². The molecule has 0 unspecified atom stereocenters. The molecule has 1 aromatic rings. The Morgan fingerprint density at radius 3 is 2.37 bits per heavy atom. The van der Waals surface area contributed by atoms with Gasteiger partial charge in [-0.3, -0.25) is 0 Å². The van der Waals surface area contributed by atoms with Crippen molar-refractivity contribution in [1.29, 1.82) is 0 Å². The number of aliphatic hydroxyl groups is 1. The monoisotopic (exact) mass is 303 g/mol. The van der Waals surface area contributed by atoms with Crippen LogP contribution in [0.15, 0.2) is 29.2 Å². The number of likely N-dealkylation sites (N-methyl/N-ethyl adjacent to an activating group) is 1. The van der Waals surface area contributed by atoms with Crippen molar-refractivity contribution in [3.63, 3.8) is 0 Å². The largest absolute Gasteiger partial charge is 0.391 e. The number of benzene rings is 1. The van der Waals surface area contributed by atoms with Gasteiger partial charge in [-0.05, 0) is 37.1 Å². The maximum Gasteiger partial charge on any atom is 0.243 e. The van der Waals surface area contributed by atoms with Crippen LogP contribution in [-0.2, 0) is 10.0 Å². The summed E-state index contributed by atoms with van der Waals surface area (Å²) in [6.07, 6.45) is 2.67. The van der Waals surface area contributed by atoms with E-state index >= 15 is 0 Å². The minimum atomic E-state index is -3.57. The fourth-order valence-electron chi connectivity index (χ4n) is 2.47. The summed E-state index contributed by atoms with van der Waals surface area (Å²) in [5.74, 6) is 0. The zero-order valence-corrected chi connectivity index (χ0v) is 12.4. The Balaban J connectivity index is 2.25. The predicted octanol–water partition coefficient (Wildman–Crippen LogP) is 2.26. The molecule has 4 nitrogen and oxygen atoms in total. The summed E-state index contributed by atoms with van der Waals surface area (Å²) in [5.41, 5.74) is 0. The van der Waals surface area contributed by atoms with Crippen LogP contribution in [-0.4, -0.2) is 37.0 Å². The maximum absolute atomic E-state index is 12.5. The number of hydrogen-bond donors (Lipinski definition) is 1. The molecule has 106 valence electrons. The van der Waals surface area contributed by atoms with Crippen molar-refractivity contribution in [3.05, 3.63) is 29.3 Å². The van der Waals surface area contributed by atoms with Crippen molar-refractivity contribution in [1.82, 2.24) is 4.31 Å². The zero-order chi connectivity index (χ0) is 14.0. The van der Waals surface area contributed by atoms with Crippen molar-refractivity contribution in [2.45, 2.75) is 42.7 Å². The van der Waals surface area contributed by atoms with Crippen molar-refractivity contribution in [3.8, 4) is 0 Å². The molecule has 0 aliphatic heterocycles. The van der Waals surface area contributed by atoms with E-state index in [-0.39, 0.29) is 10.9 Å². The third kappa shape index (κ3) is 3.11. The second-order valence-electron chi connectivity index (χ2n) is 4.89. The fraction of sp³-hybridized carbons (Fsp3) is 0.538. The highest BCUT2D eigenvalue weighted by Gasteiger charge is 2.34. The molecular formula is C13H18ClNO3S. The molecule has 0 radical (unpaired) electrons. The average Bonchev–Trinajstić information content (AvgIpc) is 2.39. The van der Waals surface area contributed by atoms with Crippen LogP contribution in [0.5, 0.6) is 0 Å². The molecule has 2 rings (SSSR count). The van der Waals surface area contributed by atoms with Gasteiger partial charge in [0.25, 0.3) is 0 Å². The summed E-state index contributed by atoms with van der Waals surface area (Å²) >= 11 is 5.76. The van der Waals surface area contributed by atoms with E-state index in [9.17, 15) is 13.5 Å². The molecule has 1 N–H and O–H groups in total. The van der Waals surface area contributed by atoms with E-state index in [0.29, 0.717) is 17.9 Å². The van der Waals surface area contributed by atoms with Crippen LogP contribution >= 0.6 is 11.6 Å². The second-order valence-corrected chi connectivity index (χ2v) is 7.33. The van der Waals surface area contributed by atoms with Crippen LogP contribution in [0.4, 0.5) is 0 Å². The Kier molecular flexibility index (Phi) is 4.50. The Hall–Kier alpha value is -0.620. The van der Waals surface area contributed by atoms with Crippen LogP contribution in [0.2, 0.25) is 5.02 Å². The summed E-state index contributed by atoms with van der Waals surface area (Å²) in [6.45, 7) is 0. The van der Waals surface area contributed by atoms with Gasteiger partial charge in [-0.1, -0.05) is 24.4 Å². The van der Waals surface area contributed by atoms with Gasteiger partial charge in [0, 0.05) is 12.1 Å². The van der Waals surface area contributed by atoms with Gasteiger partial charge in [-0.15, -0.1) is 0 Å². The first-order valence-corrected chi connectivity index (χ1v) is 8.16. The molecule has 0 bridgehead atoms. The molecule has 1 aromatic carbocycles. The second kappa shape index (κ2) is 5.79. The van der Waals surface area contributed by atoms with Crippen LogP contribution in [0.3, 0.4) is 0 Å². The van der Waals surface area contributed by atoms with Gasteiger partial charge >= 0.3 is 0 Å². The molecule has 6 heteroatoms. The minimum absolute atomic E-state index is 0.206. The van der Waals surface area contributed by atoms with Crippen LogP contribution in [0.25, 0.3) is 0 Å². The standard InChI is InChI=1S/C13H18ClNO3S/c1-15(12-4-2-3-5-13(12)16)19(17,18)11-8-6-10(14)7-9-11/h6-9,12-13,16H,2-5H2,1H3/t12-,13+/m0/s1. The lowest BCUT2D eigenvalue weighted by Gasteiger charge is -2.34. The Morgan fingerprint density at radius 2 is 1.79 bits per heavy atom. The van der Waals surface area contributed by atoms with Gasteiger partial charge < -0.3 is 5.11 Å². The molecule has 0 heterocycles. The highest BCUT2D eigenvalue weighted by Crippen LogP contribution is 2.27. The van der Waals surface area contributed by atoms with E-state index in [1.165, 1.54) is 23.5 Å².